The lowest BCUT2D eigenvalue weighted by atomic mass is 9.87. The predicted molar refractivity (Wildman–Crippen MR) is 63.9 cm³/mol. The van der Waals surface area contributed by atoms with Gasteiger partial charge in [-0.25, -0.2) is 0 Å². The van der Waals surface area contributed by atoms with Crippen molar-refractivity contribution in [1.29, 1.82) is 0 Å². The molecule has 0 rings (SSSR count). The Bertz CT molecular complexity index is 222. The summed E-state index contributed by atoms with van der Waals surface area (Å²) in [4.78, 5) is 2.27. The molecular weight excluding hydrogens is 172 g/mol. The Labute approximate surface area is 89.2 Å². The fourth-order valence-electron chi connectivity index (χ4n) is 1.69. The van der Waals surface area contributed by atoms with Gasteiger partial charge in [-0.1, -0.05) is 20.8 Å². The van der Waals surface area contributed by atoms with E-state index in [1.165, 1.54) is 5.70 Å². The molecule has 0 amide bonds. The van der Waals surface area contributed by atoms with Gasteiger partial charge in [-0.05, 0) is 27.7 Å². The predicted octanol–water partition coefficient (Wildman–Crippen LogP) is 2.95. The summed E-state index contributed by atoms with van der Waals surface area (Å²) >= 11 is 0. The Kier molecular flexibility index (Phi) is 3.65. The highest BCUT2D eigenvalue weighted by atomic mass is 15.2. The first kappa shape index (κ1) is 13.3. The van der Waals surface area contributed by atoms with Gasteiger partial charge in [-0.3, -0.25) is 0 Å². The molecule has 0 aromatic carbocycles. The average Bonchev–Trinajstić information content (AvgIpc) is 1.79. The van der Waals surface area contributed by atoms with Gasteiger partial charge < -0.3 is 10.6 Å². The van der Waals surface area contributed by atoms with Crippen molar-refractivity contribution in [3.63, 3.8) is 0 Å². The number of hydrogen-bond donors (Lipinski definition) is 1. The van der Waals surface area contributed by atoms with Gasteiger partial charge in [-0.2, -0.15) is 0 Å². The van der Waals surface area contributed by atoms with Crippen molar-refractivity contribution >= 4 is 0 Å². The van der Waals surface area contributed by atoms with Crippen LogP contribution >= 0.6 is 0 Å². The minimum atomic E-state index is 0.0981. The number of hydrogen-bond acceptors (Lipinski definition) is 2. The van der Waals surface area contributed by atoms with E-state index < -0.39 is 0 Å². The molecule has 0 radical (unpaired) electrons. The molecule has 0 heterocycles. The monoisotopic (exact) mass is 198 g/mol. The Morgan fingerprint density at radius 1 is 1.00 bits per heavy atom. The largest absolute Gasteiger partial charge is 0.401 e. The van der Waals surface area contributed by atoms with Crippen LogP contribution in [0.25, 0.3) is 0 Å². The van der Waals surface area contributed by atoms with Crippen LogP contribution in [-0.4, -0.2) is 17.5 Å². The standard InChI is InChI=1S/C12H26N2/c1-9(13)10(11(2,3)4)14(8)12(5,6)7/h13H2,1-8H3/b10-9+. The highest BCUT2D eigenvalue weighted by Gasteiger charge is 2.28. The van der Waals surface area contributed by atoms with Crippen LogP contribution in [0.15, 0.2) is 11.4 Å². The zero-order valence-electron chi connectivity index (χ0n) is 11.0. The van der Waals surface area contributed by atoms with Crippen molar-refractivity contribution in [3.05, 3.63) is 11.4 Å². The third-order valence-corrected chi connectivity index (χ3v) is 2.43. The summed E-state index contributed by atoms with van der Waals surface area (Å²) in [5, 5.41) is 0. The molecule has 0 aliphatic heterocycles. The summed E-state index contributed by atoms with van der Waals surface area (Å²) in [5.74, 6) is 0. The molecule has 2 N–H and O–H groups in total. The number of allylic oxidation sites excluding steroid dienone is 2. The smallest absolute Gasteiger partial charge is 0.0376 e. The minimum absolute atomic E-state index is 0.0981. The molecular formula is C12H26N2. The van der Waals surface area contributed by atoms with E-state index in [4.69, 9.17) is 5.73 Å². The van der Waals surface area contributed by atoms with E-state index in [9.17, 15) is 0 Å². The number of nitrogens with zero attached hydrogens (tertiary/aromatic N) is 1. The highest BCUT2D eigenvalue weighted by molar-refractivity contribution is 5.16. The second kappa shape index (κ2) is 3.84. The summed E-state index contributed by atoms with van der Waals surface area (Å²) in [7, 11) is 2.11. The van der Waals surface area contributed by atoms with E-state index in [-0.39, 0.29) is 11.0 Å². The van der Waals surface area contributed by atoms with Crippen molar-refractivity contribution < 1.29 is 0 Å². The first-order valence-electron chi connectivity index (χ1n) is 5.18. The van der Waals surface area contributed by atoms with Gasteiger partial charge in [0, 0.05) is 29.4 Å². The van der Waals surface area contributed by atoms with Gasteiger partial charge in [0.1, 0.15) is 0 Å². The molecule has 2 nitrogen and oxygen atoms in total. The van der Waals surface area contributed by atoms with E-state index in [0.29, 0.717) is 0 Å². The Hall–Kier alpha value is -0.660. The van der Waals surface area contributed by atoms with Gasteiger partial charge in [0.25, 0.3) is 0 Å². The van der Waals surface area contributed by atoms with Crippen LogP contribution in [-0.2, 0) is 0 Å². The van der Waals surface area contributed by atoms with Gasteiger partial charge >= 0.3 is 0 Å². The normalized spacial score (nSPS) is 15.1. The lowest BCUT2D eigenvalue weighted by Crippen LogP contribution is -2.42. The van der Waals surface area contributed by atoms with Crippen LogP contribution in [0.4, 0.5) is 0 Å². The summed E-state index contributed by atoms with van der Waals surface area (Å²) < 4.78 is 0. The van der Waals surface area contributed by atoms with Crippen LogP contribution in [0.5, 0.6) is 0 Å². The molecule has 0 unspecified atom stereocenters. The first-order valence-corrected chi connectivity index (χ1v) is 5.18. The maximum absolute atomic E-state index is 5.96. The molecule has 0 aromatic heterocycles. The van der Waals surface area contributed by atoms with Crippen LogP contribution < -0.4 is 5.73 Å². The quantitative estimate of drug-likeness (QED) is 0.702. The first-order chi connectivity index (χ1) is 5.98. The van der Waals surface area contributed by atoms with Crippen LogP contribution in [0.3, 0.4) is 0 Å². The number of nitrogens with two attached hydrogens (primary N) is 1. The molecule has 0 atom stereocenters. The van der Waals surface area contributed by atoms with Crippen LogP contribution in [0.1, 0.15) is 48.5 Å². The maximum atomic E-state index is 5.96. The summed E-state index contributed by atoms with van der Waals surface area (Å²) in [5.41, 5.74) is 8.31. The van der Waals surface area contributed by atoms with Crippen molar-refractivity contribution in [3.8, 4) is 0 Å². The fourth-order valence-corrected chi connectivity index (χ4v) is 1.69. The maximum Gasteiger partial charge on any atom is 0.0376 e. The second-order valence-electron chi connectivity index (χ2n) is 6.01. The third kappa shape index (κ3) is 3.24. The fraction of sp³-hybridized carbons (Fsp3) is 0.833. The van der Waals surface area contributed by atoms with E-state index in [1.807, 2.05) is 6.92 Å². The van der Waals surface area contributed by atoms with Gasteiger partial charge in [0.2, 0.25) is 0 Å². The topological polar surface area (TPSA) is 29.3 Å². The lowest BCUT2D eigenvalue weighted by molar-refractivity contribution is 0.180. The van der Waals surface area contributed by atoms with Gasteiger partial charge in [0.05, 0.1) is 0 Å². The summed E-state index contributed by atoms with van der Waals surface area (Å²) in [6.45, 7) is 15.1. The molecule has 0 aromatic rings. The van der Waals surface area contributed by atoms with Gasteiger partial charge in [-0.15, -0.1) is 0 Å². The van der Waals surface area contributed by atoms with Crippen molar-refractivity contribution in [2.24, 2.45) is 11.1 Å². The summed E-state index contributed by atoms with van der Waals surface area (Å²) in [6, 6.07) is 0. The Morgan fingerprint density at radius 2 is 1.36 bits per heavy atom. The summed E-state index contributed by atoms with van der Waals surface area (Å²) in [6.07, 6.45) is 0. The van der Waals surface area contributed by atoms with E-state index in [0.717, 1.165) is 5.70 Å². The highest BCUT2D eigenvalue weighted by Crippen LogP contribution is 2.32. The van der Waals surface area contributed by atoms with Crippen LogP contribution in [0, 0.1) is 5.41 Å². The molecule has 0 saturated carbocycles. The lowest BCUT2D eigenvalue weighted by Gasteiger charge is -2.42. The average molecular weight is 198 g/mol. The SMILES string of the molecule is C/C(N)=C(\N(C)C(C)(C)C)C(C)(C)C. The minimum Gasteiger partial charge on any atom is -0.401 e. The molecule has 84 valence electrons. The molecule has 2 heteroatoms. The number of rotatable bonds is 1. The molecule has 14 heavy (non-hydrogen) atoms. The zero-order valence-corrected chi connectivity index (χ0v) is 11.0. The van der Waals surface area contributed by atoms with E-state index in [2.05, 4.69) is 53.5 Å². The third-order valence-electron chi connectivity index (χ3n) is 2.43. The molecule has 0 aliphatic rings. The molecule has 0 spiro atoms. The van der Waals surface area contributed by atoms with E-state index >= 15 is 0 Å². The second-order valence-corrected chi connectivity index (χ2v) is 6.01. The Morgan fingerprint density at radius 3 is 1.43 bits per heavy atom. The van der Waals surface area contributed by atoms with Crippen molar-refractivity contribution in [1.82, 2.24) is 4.90 Å². The zero-order chi connectivity index (χ0) is 11.7. The van der Waals surface area contributed by atoms with Gasteiger partial charge in [0.15, 0.2) is 0 Å². The molecule has 0 bridgehead atoms. The Balaban J connectivity index is 5.20. The van der Waals surface area contributed by atoms with E-state index in [1.54, 1.807) is 0 Å². The van der Waals surface area contributed by atoms with Crippen LogP contribution in [0.2, 0.25) is 0 Å². The molecule has 0 saturated heterocycles. The van der Waals surface area contributed by atoms with Crippen molar-refractivity contribution in [2.45, 2.75) is 54.0 Å². The van der Waals surface area contributed by atoms with Crippen molar-refractivity contribution in [2.75, 3.05) is 7.05 Å². The molecule has 0 fully saturated rings. The molecule has 0 aliphatic carbocycles.